The van der Waals surface area contributed by atoms with Crippen molar-refractivity contribution in [3.63, 3.8) is 0 Å². The van der Waals surface area contributed by atoms with Crippen LogP contribution in [0.3, 0.4) is 0 Å². The zero-order valence-electron chi connectivity index (χ0n) is 10.6. The number of aromatic amines is 1. The Bertz CT molecular complexity index is 533. The number of rotatable bonds is 5. The van der Waals surface area contributed by atoms with Crippen LogP contribution in [0.4, 0.5) is 0 Å². The van der Waals surface area contributed by atoms with E-state index in [1.807, 2.05) is 30.5 Å². The molecule has 0 bridgehead atoms. The molecule has 1 amide bonds. The highest BCUT2D eigenvalue weighted by Gasteiger charge is 2.12. The molecular weight excluding hydrogens is 226 g/mol. The van der Waals surface area contributed by atoms with Gasteiger partial charge in [-0.1, -0.05) is 13.3 Å². The maximum atomic E-state index is 12.1. The number of amides is 1. The second-order valence-electron chi connectivity index (χ2n) is 4.47. The number of aromatic nitrogens is 1. The zero-order chi connectivity index (χ0) is 13.0. The molecular formula is C14H19N3O. The molecule has 96 valence electrons. The van der Waals surface area contributed by atoms with Gasteiger partial charge >= 0.3 is 0 Å². The smallest absolute Gasteiger partial charge is 0.251 e. The second kappa shape index (κ2) is 5.69. The number of nitrogens with one attached hydrogen (secondary N) is 2. The Labute approximate surface area is 107 Å². The van der Waals surface area contributed by atoms with Crippen molar-refractivity contribution in [3.8, 4) is 0 Å². The van der Waals surface area contributed by atoms with Crippen molar-refractivity contribution < 1.29 is 4.79 Å². The monoisotopic (exact) mass is 245 g/mol. The third-order valence-corrected chi connectivity index (χ3v) is 3.07. The van der Waals surface area contributed by atoms with Crippen LogP contribution in [0, 0.1) is 0 Å². The van der Waals surface area contributed by atoms with Crippen molar-refractivity contribution in [2.75, 3.05) is 6.54 Å². The minimum Gasteiger partial charge on any atom is -0.361 e. The summed E-state index contributed by atoms with van der Waals surface area (Å²) >= 11 is 0. The molecule has 1 heterocycles. The molecule has 2 aromatic rings. The first-order valence-corrected chi connectivity index (χ1v) is 6.32. The predicted molar refractivity (Wildman–Crippen MR) is 73.5 cm³/mol. The van der Waals surface area contributed by atoms with Gasteiger partial charge in [0.15, 0.2) is 0 Å². The molecule has 4 heteroatoms. The third-order valence-electron chi connectivity index (χ3n) is 3.07. The molecule has 0 aliphatic heterocycles. The van der Waals surface area contributed by atoms with Gasteiger partial charge in [0.05, 0.1) is 0 Å². The van der Waals surface area contributed by atoms with Crippen LogP contribution < -0.4 is 11.1 Å². The summed E-state index contributed by atoms with van der Waals surface area (Å²) in [5.74, 6) is -0.0537. The number of hydrogen-bond acceptors (Lipinski definition) is 2. The topological polar surface area (TPSA) is 70.9 Å². The van der Waals surface area contributed by atoms with E-state index in [0.29, 0.717) is 12.1 Å². The summed E-state index contributed by atoms with van der Waals surface area (Å²) in [6.07, 6.45) is 3.79. The molecule has 2 rings (SSSR count). The minimum absolute atomic E-state index is 0.0537. The van der Waals surface area contributed by atoms with Gasteiger partial charge in [-0.05, 0) is 30.7 Å². The summed E-state index contributed by atoms with van der Waals surface area (Å²) in [5, 5.41) is 4.01. The first kappa shape index (κ1) is 12.6. The molecule has 18 heavy (non-hydrogen) atoms. The minimum atomic E-state index is -0.0537. The lowest BCUT2D eigenvalue weighted by Gasteiger charge is -2.15. The van der Waals surface area contributed by atoms with Gasteiger partial charge in [-0.15, -0.1) is 0 Å². The summed E-state index contributed by atoms with van der Waals surface area (Å²) in [4.78, 5) is 15.2. The first-order valence-electron chi connectivity index (χ1n) is 6.32. The summed E-state index contributed by atoms with van der Waals surface area (Å²) in [5.41, 5.74) is 7.35. The van der Waals surface area contributed by atoms with E-state index in [2.05, 4.69) is 17.2 Å². The van der Waals surface area contributed by atoms with Crippen LogP contribution in [-0.2, 0) is 0 Å². The van der Waals surface area contributed by atoms with Crippen LogP contribution in [0.2, 0.25) is 0 Å². The number of benzene rings is 1. The normalized spacial score (nSPS) is 12.6. The molecule has 0 spiro atoms. The van der Waals surface area contributed by atoms with Gasteiger partial charge in [-0.2, -0.15) is 0 Å². The number of carbonyl (C=O) groups is 1. The van der Waals surface area contributed by atoms with Gasteiger partial charge in [0.2, 0.25) is 0 Å². The van der Waals surface area contributed by atoms with E-state index in [-0.39, 0.29) is 11.9 Å². The molecule has 1 aromatic heterocycles. The molecule has 0 aliphatic carbocycles. The van der Waals surface area contributed by atoms with E-state index in [1.54, 1.807) is 0 Å². The number of carbonyl (C=O) groups excluding carboxylic acids is 1. The van der Waals surface area contributed by atoms with E-state index in [1.165, 1.54) is 0 Å². The zero-order valence-corrected chi connectivity index (χ0v) is 10.6. The lowest BCUT2D eigenvalue weighted by Crippen LogP contribution is -2.40. The van der Waals surface area contributed by atoms with Gasteiger partial charge in [0.25, 0.3) is 5.91 Å². The first-order chi connectivity index (χ1) is 8.74. The van der Waals surface area contributed by atoms with E-state index < -0.39 is 0 Å². The van der Waals surface area contributed by atoms with E-state index in [4.69, 9.17) is 5.73 Å². The molecule has 0 fully saturated rings. The highest BCUT2D eigenvalue weighted by Crippen LogP contribution is 2.14. The van der Waals surface area contributed by atoms with Gasteiger partial charge in [-0.25, -0.2) is 0 Å². The van der Waals surface area contributed by atoms with Crippen molar-refractivity contribution in [1.82, 2.24) is 10.3 Å². The van der Waals surface area contributed by atoms with Gasteiger partial charge in [0, 0.05) is 35.2 Å². The summed E-state index contributed by atoms with van der Waals surface area (Å²) in [6, 6.07) is 7.65. The van der Waals surface area contributed by atoms with E-state index in [0.717, 1.165) is 23.7 Å². The van der Waals surface area contributed by atoms with Crippen LogP contribution in [0.15, 0.2) is 30.5 Å². The predicted octanol–water partition coefficient (Wildman–Crippen LogP) is 2.03. The largest absolute Gasteiger partial charge is 0.361 e. The Morgan fingerprint density at radius 3 is 3.00 bits per heavy atom. The lowest BCUT2D eigenvalue weighted by molar-refractivity contribution is 0.0936. The Morgan fingerprint density at radius 1 is 1.44 bits per heavy atom. The fourth-order valence-electron chi connectivity index (χ4n) is 2.06. The highest BCUT2D eigenvalue weighted by atomic mass is 16.1. The Morgan fingerprint density at radius 2 is 2.28 bits per heavy atom. The fourth-order valence-corrected chi connectivity index (χ4v) is 2.06. The van der Waals surface area contributed by atoms with Crippen LogP contribution in [0.1, 0.15) is 30.1 Å². The molecule has 1 unspecified atom stereocenters. The van der Waals surface area contributed by atoms with Gasteiger partial charge < -0.3 is 16.0 Å². The molecule has 4 nitrogen and oxygen atoms in total. The van der Waals surface area contributed by atoms with E-state index in [9.17, 15) is 4.79 Å². The van der Waals surface area contributed by atoms with Crippen molar-refractivity contribution >= 4 is 16.8 Å². The summed E-state index contributed by atoms with van der Waals surface area (Å²) in [7, 11) is 0. The second-order valence-corrected chi connectivity index (χ2v) is 4.47. The molecule has 0 radical (unpaired) electrons. The number of H-pyrrole nitrogens is 1. The maximum Gasteiger partial charge on any atom is 0.251 e. The molecule has 0 saturated heterocycles. The number of hydrogen-bond donors (Lipinski definition) is 3. The summed E-state index contributed by atoms with van der Waals surface area (Å²) in [6.45, 7) is 2.56. The van der Waals surface area contributed by atoms with Gasteiger partial charge in [-0.3, -0.25) is 4.79 Å². The Hall–Kier alpha value is -1.81. The molecule has 0 saturated carbocycles. The van der Waals surface area contributed by atoms with Crippen LogP contribution in [-0.4, -0.2) is 23.5 Å². The molecule has 1 aromatic carbocycles. The van der Waals surface area contributed by atoms with Crippen LogP contribution in [0.25, 0.3) is 10.9 Å². The standard InChI is InChI=1S/C14H19N3O/c1-2-3-12(9-15)17-14(18)11-4-5-13-10(8-11)6-7-16-13/h4-8,12,16H,2-3,9,15H2,1H3,(H,17,18). The third kappa shape index (κ3) is 2.71. The quantitative estimate of drug-likeness (QED) is 0.754. The van der Waals surface area contributed by atoms with Crippen LogP contribution >= 0.6 is 0 Å². The average Bonchev–Trinajstić information content (AvgIpc) is 2.85. The number of nitrogens with two attached hydrogens (primary N) is 1. The highest BCUT2D eigenvalue weighted by molar-refractivity contribution is 5.98. The molecule has 0 aliphatic rings. The van der Waals surface area contributed by atoms with Crippen molar-refractivity contribution in [2.24, 2.45) is 5.73 Å². The SMILES string of the molecule is CCCC(CN)NC(=O)c1ccc2[nH]ccc2c1. The Kier molecular flexibility index (Phi) is 3.99. The van der Waals surface area contributed by atoms with Crippen LogP contribution in [0.5, 0.6) is 0 Å². The van der Waals surface area contributed by atoms with E-state index >= 15 is 0 Å². The van der Waals surface area contributed by atoms with Crippen molar-refractivity contribution in [1.29, 1.82) is 0 Å². The molecule has 1 atom stereocenters. The van der Waals surface area contributed by atoms with Gasteiger partial charge in [0.1, 0.15) is 0 Å². The average molecular weight is 245 g/mol. The molecule has 4 N–H and O–H groups in total. The lowest BCUT2D eigenvalue weighted by atomic mass is 10.1. The fraction of sp³-hybridized carbons (Fsp3) is 0.357. The Balaban J connectivity index is 2.12. The maximum absolute atomic E-state index is 12.1. The van der Waals surface area contributed by atoms with Crippen molar-refractivity contribution in [3.05, 3.63) is 36.0 Å². The van der Waals surface area contributed by atoms with Crippen molar-refractivity contribution in [2.45, 2.75) is 25.8 Å². The number of fused-ring (bicyclic) bond motifs is 1. The summed E-state index contributed by atoms with van der Waals surface area (Å²) < 4.78 is 0.